The average molecular weight is 218 g/mol. The van der Waals surface area contributed by atoms with Crippen molar-refractivity contribution in [3.8, 4) is 0 Å². The van der Waals surface area contributed by atoms with Crippen LogP contribution >= 0.6 is 0 Å². The van der Waals surface area contributed by atoms with Gasteiger partial charge in [-0.2, -0.15) is 0 Å². The molecule has 0 N–H and O–H groups in total. The third kappa shape index (κ3) is 2.84. The summed E-state index contributed by atoms with van der Waals surface area (Å²) >= 11 is 0. The quantitative estimate of drug-likeness (QED) is 0.709. The van der Waals surface area contributed by atoms with Crippen LogP contribution in [0.5, 0.6) is 0 Å². The summed E-state index contributed by atoms with van der Waals surface area (Å²) in [6.07, 6.45) is 3.60. The van der Waals surface area contributed by atoms with Gasteiger partial charge in [-0.3, -0.25) is 0 Å². The van der Waals surface area contributed by atoms with Crippen molar-refractivity contribution in [1.82, 2.24) is 0 Å². The van der Waals surface area contributed by atoms with Crippen LogP contribution in [0.1, 0.15) is 36.5 Å². The van der Waals surface area contributed by atoms with Crippen LogP contribution in [-0.2, 0) is 4.74 Å². The number of hydrogen-bond acceptors (Lipinski definition) is 2. The zero-order chi connectivity index (χ0) is 11.4. The molecule has 16 heavy (non-hydrogen) atoms. The molecule has 86 valence electrons. The Labute approximate surface area is 96.6 Å². The molecule has 0 heterocycles. The van der Waals surface area contributed by atoms with E-state index in [1.54, 1.807) is 12.1 Å². The van der Waals surface area contributed by atoms with Crippen LogP contribution < -0.4 is 0 Å². The van der Waals surface area contributed by atoms with Crippen molar-refractivity contribution in [1.29, 1.82) is 0 Å². The molecular weight excluding hydrogens is 200 g/mol. The largest absolute Gasteiger partial charge is 0.462 e. The Morgan fingerprint density at radius 1 is 1.31 bits per heavy atom. The predicted octanol–water partition coefficient (Wildman–Crippen LogP) is 3.28. The topological polar surface area (TPSA) is 26.3 Å². The molecule has 2 rings (SSSR count). The summed E-state index contributed by atoms with van der Waals surface area (Å²) in [7, 11) is 0. The molecule has 0 amide bonds. The number of rotatable bonds is 5. The van der Waals surface area contributed by atoms with E-state index in [4.69, 9.17) is 4.74 Å². The molecule has 2 nitrogen and oxygen atoms in total. The molecule has 0 spiro atoms. The average Bonchev–Trinajstić information content (AvgIpc) is 3.09. The first-order valence-electron chi connectivity index (χ1n) is 6.03. The standard InChI is InChI=1S/C14H18O2/c1-2-11-10-13(11)8-9-16-14(15)12-6-4-3-5-7-12/h3-7,11,13H,2,8-10H2,1H3/t11-,13+/m1/s1. The maximum absolute atomic E-state index is 11.6. The lowest BCUT2D eigenvalue weighted by molar-refractivity contribution is 0.0493. The number of esters is 1. The van der Waals surface area contributed by atoms with Crippen LogP contribution in [-0.4, -0.2) is 12.6 Å². The molecule has 1 aromatic carbocycles. The molecule has 0 aliphatic heterocycles. The lowest BCUT2D eigenvalue weighted by Crippen LogP contribution is -2.06. The molecule has 1 aliphatic carbocycles. The normalized spacial score (nSPS) is 22.8. The summed E-state index contributed by atoms with van der Waals surface area (Å²) in [4.78, 5) is 11.6. The van der Waals surface area contributed by atoms with Crippen LogP contribution in [0.15, 0.2) is 30.3 Å². The lowest BCUT2D eigenvalue weighted by atomic mass is 10.2. The van der Waals surface area contributed by atoms with Crippen molar-refractivity contribution >= 4 is 5.97 Å². The summed E-state index contributed by atoms with van der Waals surface area (Å²) in [5.41, 5.74) is 0.644. The SMILES string of the molecule is CC[C@@H]1C[C@@H]1CCOC(=O)c1ccccc1. The monoisotopic (exact) mass is 218 g/mol. The molecule has 1 aromatic rings. The molecular formula is C14H18O2. The number of carbonyl (C=O) groups is 1. The van der Waals surface area contributed by atoms with Crippen LogP contribution in [0.25, 0.3) is 0 Å². The fraction of sp³-hybridized carbons (Fsp3) is 0.500. The van der Waals surface area contributed by atoms with Gasteiger partial charge in [0.05, 0.1) is 12.2 Å². The Morgan fingerprint density at radius 3 is 2.69 bits per heavy atom. The Bertz CT molecular complexity index is 345. The zero-order valence-corrected chi connectivity index (χ0v) is 9.69. The van der Waals surface area contributed by atoms with Crippen molar-refractivity contribution in [2.24, 2.45) is 11.8 Å². The van der Waals surface area contributed by atoms with Gasteiger partial charge in [-0.05, 0) is 36.8 Å². The molecule has 0 bridgehead atoms. The zero-order valence-electron chi connectivity index (χ0n) is 9.69. The molecule has 0 unspecified atom stereocenters. The molecule has 1 fully saturated rings. The van der Waals surface area contributed by atoms with Gasteiger partial charge >= 0.3 is 5.97 Å². The third-order valence-corrected chi connectivity index (χ3v) is 3.32. The summed E-state index contributed by atoms with van der Waals surface area (Å²) in [6.45, 7) is 2.79. The van der Waals surface area contributed by atoms with Gasteiger partial charge < -0.3 is 4.74 Å². The minimum absolute atomic E-state index is 0.200. The van der Waals surface area contributed by atoms with E-state index in [0.29, 0.717) is 12.2 Å². The van der Waals surface area contributed by atoms with Crippen LogP contribution in [0, 0.1) is 11.8 Å². The molecule has 0 radical (unpaired) electrons. The fourth-order valence-corrected chi connectivity index (χ4v) is 2.12. The van der Waals surface area contributed by atoms with Crippen molar-refractivity contribution in [3.05, 3.63) is 35.9 Å². The highest BCUT2D eigenvalue weighted by Crippen LogP contribution is 2.43. The second-order valence-corrected chi connectivity index (χ2v) is 4.45. The highest BCUT2D eigenvalue weighted by Gasteiger charge is 2.34. The van der Waals surface area contributed by atoms with Gasteiger partial charge in [0, 0.05) is 0 Å². The molecule has 2 atom stereocenters. The molecule has 0 aromatic heterocycles. The number of benzene rings is 1. The Morgan fingerprint density at radius 2 is 2.06 bits per heavy atom. The van der Waals surface area contributed by atoms with E-state index in [1.807, 2.05) is 18.2 Å². The van der Waals surface area contributed by atoms with Gasteiger partial charge in [0.2, 0.25) is 0 Å². The first-order valence-corrected chi connectivity index (χ1v) is 6.03. The maximum Gasteiger partial charge on any atom is 0.338 e. The van der Waals surface area contributed by atoms with E-state index in [2.05, 4.69) is 6.92 Å². The number of hydrogen-bond donors (Lipinski definition) is 0. The number of carbonyl (C=O) groups excluding carboxylic acids is 1. The summed E-state index contributed by atoms with van der Waals surface area (Å²) in [5, 5.41) is 0. The highest BCUT2D eigenvalue weighted by atomic mass is 16.5. The Balaban J connectivity index is 1.69. The summed E-state index contributed by atoms with van der Waals surface area (Å²) in [6, 6.07) is 9.17. The van der Waals surface area contributed by atoms with Gasteiger partial charge in [-0.1, -0.05) is 31.5 Å². The minimum atomic E-state index is -0.200. The van der Waals surface area contributed by atoms with Gasteiger partial charge in [-0.25, -0.2) is 4.79 Å². The summed E-state index contributed by atoms with van der Waals surface area (Å²) < 4.78 is 5.23. The lowest BCUT2D eigenvalue weighted by Gasteiger charge is -2.04. The van der Waals surface area contributed by atoms with Crippen molar-refractivity contribution in [2.75, 3.05) is 6.61 Å². The van der Waals surface area contributed by atoms with Crippen molar-refractivity contribution in [3.63, 3.8) is 0 Å². The van der Waals surface area contributed by atoms with E-state index in [9.17, 15) is 4.79 Å². The van der Waals surface area contributed by atoms with E-state index in [0.717, 1.165) is 18.3 Å². The maximum atomic E-state index is 11.6. The van der Waals surface area contributed by atoms with E-state index >= 15 is 0 Å². The highest BCUT2D eigenvalue weighted by molar-refractivity contribution is 5.89. The first-order chi connectivity index (χ1) is 7.81. The number of ether oxygens (including phenoxy) is 1. The smallest absolute Gasteiger partial charge is 0.338 e. The molecule has 2 heteroatoms. The minimum Gasteiger partial charge on any atom is -0.462 e. The van der Waals surface area contributed by atoms with Gasteiger partial charge in [0.25, 0.3) is 0 Å². The van der Waals surface area contributed by atoms with Crippen LogP contribution in [0.3, 0.4) is 0 Å². The summed E-state index contributed by atoms with van der Waals surface area (Å²) in [5.74, 6) is 1.48. The Kier molecular flexibility index (Phi) is 3.60. The van der Waals surface area contributed by atoms with Gasteiger partial charge in [0.15, 0.2) is 0 Å². The first kappa shape index (κ1) is 11.2. The van der Waals surface area contributed by atoms with Crippen LogP contribution in [0.4, 0.5) is 0 Å². The van der Waals surface area contributed by atoms with Crippen molar-refractivity contribution in [2.45, 2.75) is 26.2 Å². The molecule has 0 saturated heterocycles. The molecule has 1 saturated carbocycles. The van der Waals surface area contributed by atoms with E-state index in [-0.39, 0.29) is 5.97 Å². The van der Waals surface area contributed by atoms with Crippen molar-refractivity contribution < 1.29 is 9.53 Å². The predicted molar refractivity (Wildman–Crippen MR) is 63.2 cm³/mol. The van der Waals surface area contributed by atoms with Gasteiger partial charge in [0.1, 0.15) is 0 Å². The second-order valence-electron chi connectivity index (χ2n) is 4.45. The fourth-order valence-electron chi connectivity index (χ4n) is 2.12. The van der Waals surface area contributed by atoms with Crippen LogP contribution in [0.2, 0.25) is 0 Å². The molecule has 1 aliphatic rings. The Hall–Kier alpha value is -1.31. The van der Waals surface area contributed by atoms with E-state index in [1.165, 1.54) is 12.8 Å². The van der Waals surface area contributed by atoms with Gasteiger partial charge in [-0.15, -0.1) is 0 Å². The third-order valence-electron chi connectivity index (χ3n) is 3.32. The van der Waals surface area contributed by atoms with E-state index < -0.39 is 0 Å². The second kappa shape index (κ2) is 5.15.